The lowest BCUT2D eigenvalue weighted by atomic mass is 9.89. The summed E-state index contributed by atoms with van der Waals surface area (Å²) in [5.41, 5.74) is 2.39. The first-order valence-corrected chi connectivity index (χ1v) is 7.88. The third-order valence-electron chi connectivity index (χ3n) is 4.68. The molecule has 1 aromatic carbocycles. The highest BCUT2D eigenvalue weighted by molar-refractivity contribution is 6.06. The quantitative estimate of drug-likeness (QED) is 0.736. The highest BCUT2D eigenvalue weighted by Gasteiger charge is 2.41. The molecule has 1 amide bonds. The Hall–Kier alpha value is -3.23. The molecule has 0 atom stereocenters. The first-order chi connectivity index (χ1) is 11.9. The van der Waals surface area contributed by atoms with Crippen LogP contribution in [0.3, 0.4) is 0 Å². The summed E-state index contributed by atoms with van der Waals surface area (Å²) in [5.74, 6) is 0.428. The highest BCUT2D eigenvalue weighted by Crippen LogP contribution is 2.37. The van der Waals surface area contributed by atoms with E-state index in [4.69, 9.17) is 0 Å². The van der Waals surface area contributed by atoms with Crippen LogP contribution in [0.5, 0.6) is 0 Å². The molecule has 0 saturated heterocycles. The summed E-state index contributed by atoms with van der Waals surface area (Å²) in [4.78, 5) is 14.9. The molecule has 1 aliphatic heterocycles. The summed E-state index contributed by atoms with van der Waals surface area (Å²) >= 11 is 0. The molecule has 0 spiro atoms. The van der Waals surface area contributed by atoms with Crippen LogP contribution in [0.1, 0.15) is 20.8 Å². The van der Waals surface area contributed by atoms with Crippen molar-refractivity contribution in [3.05, 3.63) is 35.7 Å². The van der Waals surface area contributed by atoms with E-state index >= 15 is 0 Å². The minimum absolute atomic E-state index is 0.182. The van der Waals surface area contributed by atoms with Gasteiger partial charge in [0.1, 0.15) is 0 Å². The Kier molecular flexibility index (Phi) is 3.14. The van der Waals surface area contributed by atoms with Crippen LogP contribution in [0.4, 0.5) is 11.6 Å². The zero-order valence-electron chi connectivity index (χ0n) is 14.4. The Labute approximate surface area is 143 Å². The molecule has 0 aliphatic carbocycles. The minimum atomic E-state index is -0.667. The maximum Gasteiger partial charge on any atom is 0.255 e. The van der Waals surface area contributed by atoms with Gasteiger partial charge < -0.3 is 10.2 Å². The number of carbonyl (C=O) groups is 1. The number of aromatic amines is 1. The number of benzene rings is 1. The van der Waals surface area contributed by atoms with Gasteiger partial charge in [-0.3, -0.25) is 9.89 Å². The number of allylic oxidation sites excluding steroid dienone is 1. The van der Waals surface area contributed by atoms with Crippen molar-refractivity contribution >= 4 is 28.4 Å². The Morgan fingerprint density at radius 3 is 2.92 bits per heavy atom. The average Bonchev–Trinajstić information content (AvgIpc) is 3.21. The van der Waals surface area contributed by atoms with Gasteiger partial charge in [0.15, 0.2) is 0 Å². The molecule has 25 heavy (non-hydrogen) atoms. The number of hydrogen-bond acceptors (Lipinski definition) is 6. The van der Waals surface area contributed by atoms with Crippen LogP contribution >= 0.6 is 0 Å². The number of fused-ring (bicyclic) bond motifs is 2. The van der Waals surface area contributed by atoms with Crippen LogP contribution < -0.4 is 10.2 Å². The molecular formula is C16H18N8O. The van der Waals surface area contributed by atoms with Crippen molar-refractivity contribution in [2.75, 3.05) is 17.3 Å². The van der Waals surface area contributed by atoms with Gasteiger partial charge in [-0.2, -0.15) is 5.10 Å². The largest absolute Gasteiger partial charge is 0.322 e. The third kappa shape index (κ3) is 2.19. The highest BCUT2D eigenvalue weighted by atomic mass is 16.1. The second-order valence-electron chi connectivity index (χ2n) is 6.60. The number of carbonyl (C=O) groups excluding carboxylic acids is 1. The topological polar surface area (TPSA) is 105 Å². The number of tetrazole rings is 1. The van der Waals surface area contributed by atoms with Crippen molar-refractivity contribution in [2.45, 2.75) is 26.3 Å². The van der Waals surface area contributed by atoms with E-state index in [2.05, 4.69) is 31.0 Å². The Bertz CT molecular complexity index is 1010. The van der Waals surface area contributed by atoms with Crippen LogP contribution in [0.2, 0.25) is 0 Å². The van der Waals surface area contributed by atoms with Crippen molar-refractivity contribution in [3.8, 4) is 0 Å². The molecule has 0 radical (unpaired) electrons. The normalized spacial score (nSPS) is 16.2. The fourth-order valence-electron chi connectivity index (χ4n) is 3.28. The number of hydrogen-bond donors (Lipinski definition) is 2. The summed E-state index contributed by atoms with van der Waals surface area (Å²) < 4.78 is 1.66. The predicted molar refractivity (Wildman–Crippen MR) is 93.0 cm³/mol. The van der Waals surface area contributed by atoms with Crippen LogP contribution in [0, 0.1) is 0 Å². The molecule has 9 heteroatoms. The molecule has 1 aliphatic rings. The number of H-pyrrole nitrogens is 1. The van der Waals surface area contributed by atoms with Gasteiger partial charge in [-0.05, 0) is 49.4 Å². The van der Waals surface area contributed by atoms with Crippen molar-refractivity contribution < 1.29 is 4.79 Å². The molecule has 3 aromatic rings. The van der Waals surface area contributed by atoms with Crippen molar-refractivity contribution in [1.29, 1.82) is 0 Å². The van der Waals surface area contributed by atoms with Crippen LogP contribution in [-0.2, 0) is 10.3 Å². The minimum Gasteiger partial charge on any atom is -0.322 e. The molecule has 4 rings (SSSR count). The lowest BCUT2D eigenvalue weighted by molar-refractivity contribution is -0.113. The Morgan fingerprint density at radius 2 is 2.12 bits per heavy atom. The molecule has 0 unspecified atom stereocenters. The molecule has 2 N–H and O–H groups in total. The first-order valence-electron chi connectivity index (χ1n) is 7.88. The fraction of sp³-hybridized carbons (Fsp3) is 0.312. The number of amides is 1. The number of nitrogens with one attached hydrogen (secondary N) is 2. The number of rotatable bonds is 2. The van der Waals surface area contributed by atoms with Gasteiger partial charge in [0.25, 0.3) is 5.91 Å². The SMILES string of the molecule is CC1=C(C(=O)Nc2ccc3[nH]ncc3c2)C(C)(C)n2nnnc2N1C. The van der Waals surface area contributed by atoms with E-state index in [0.717, 1.165) is 16.6 Å². The second kappa shape index (κ2) is 5.13. The van der Waals surface area contributed by atoms with Gasteiger partial charge in [0, 0.05) is 23.8 Å². The summed E-state index contributed by atoms with van der Waals surface area (Å²) in [6.07, 6.45) is 1.72. The summed E-state index contributed by atoms with van der Waals surface area (Å²) in [6.45, 7) is 5.75. The van der Waals surface area contributed by atoms with Gasteiger partial charge in [-0.25, -0.2) is 4.68 Å². The second-order valence-corrected chi connectivity index (χ2v) is 6.60. The number of aromatic nitrogens is 6. The zero-order chi connectivity index (χ0) is 17.8. The van der Waals surface area contributed by atoms with E-state index in [9.17, 15) is 4.79 Å². The summed E-state index contributed by atoms with van der Waals surface area (Å²) in [6, 6.07) is 5.61. The summed E-state index contributed by atoms with van der Waals surface area (Å²) in [7, 11) is 1.84. The maximum absolute atomic E-state index is 13.0. The van der Waals surface area contributed by atoms with E-state index < -0.39 is 5.54 Å². The van der Waals surface area contributed by atoms with Gasteiger partial charge in [0.05, 0.1) is 22.8 Å². The smallest absolute Gasteiger partial charge is 0.255 e. The molecular weight excluding hydrogens is 320 g/mol. The van der Waals surface area contributed by atoms with E-state index in [1.54, 1.807) is 10.9 Å². The lowest BCUT2D eigenvalue weighted by Crippen LogP contribution is -2.44. The predicted octanol–water partition coefficient (Wildman–Crippen LogP) is 1.65. The standard InChI is InChI=1S/C16H18N8O/c1-9-13(16(2,3)24-15(23(9)4)20-21-22-24)14(25)18-11-5-6-12-10(7-11)8-17-19-12/h5-8H,1-4H3,(H,17,19)(H,18,25). The van der Waals surface area contributed by atoms with Crippen LogP contribution in [0.25, 0.3) is 10.9 Å². The van der Waals surface area contributed by atoms with Crippen molar-refractivity contribution in [3.63, 3.8) is 0 Å². The molecule has 2 aromatic heterocycles. The summed E-state index contributed by atoms with van der Waals surface area (Å²) in [5, 5.41) is 22.6. The number of anilines is 2. The van der Waals surface area contributed by atoms with E-state index in [1.807, 2.05) is 50.9 Å². The molecule has 0 fully saturated rings. The molecule has 0 bridgehead atoms. The van der Waals surface area contributed by atoms with Gasteiger partial charge in [0.2, 0.25) is 5.95 Å². The van der Waals surface area contributed by atoms with Gasteiger partial charge >= 0.3 is 0 Å². The monoisotopic (exact) mass is 338 g/mol. The Balaban J connectivity index is 1.72. The lowest BCUT2D eigenvalue weighted by Gasteiger charge is -2.37. The number of nitrogens with zero attached hydrogens (tertiary/aromatic N) is 6. The van der Waals surface area contributed by atoms with Gasteiger partial charge in [-0.15, -0.1) is 0 Å². The van der Waals surface area contributed by atoms with Crippen molar-refractivity contribution in [2.24, 2.45) is 0 Å². The molecule has 3 heterocycles. The Morgan fingerprint density at radius 1 is 1.32 bits per heavy atom. The van der Waals surface area contributed by atoms with Crippen LogP contribution in [-0.4, -0.2) is 43.4 Å². The fourth-order valence-corrected chi connectivity index (χ4v) is 3.28. The third-order valence-corrected chi connectivity index (χ3v) is 4.68. The molecule has 128 valence electrons. The van der Waals surface area contributed by atoms with Crippen molar-refractivity contribution in [1.82, 2.24) is 30.4 Å². The zero-order valence-corrected chi connectivity index (χ0v) is 14.4. The van der Waals surface area contributed by atoms with Gasteiger partial charge in [-0.1, -0.05) is 5.10 Å². The first kappa shape index (κ1) is 15.3. The van der Waals surface area contributed by atoms with E-state index in [0.29, 0.717) is 17.2 Å². The van der Waals surface area contributed by atoms with E-state index in [-0.39, 0.29) is 5.91 Å². The van der Waals surface area contributed by atoms with E-state index in [1.165, 1.54) is 0 Å². The molecule has 0 saturated carbocycles. The maximum atomic E-state index is 13.0. The van der Waals surface area contributed by atoms with Crippen LogP contribution in [0.15, 0.2) is 35.7 Å². The molecule has 9 nitrogen and oxygen atoms in total. The average molecular weight is 338 g/mol.